The Labute approximate surface area is 208 Å². The number of carbonyl (C=O) groups excluding carboxylic acids is 3. The molecule has 0 bridgehead atoms. The molecular weight excluding hydrogens is 473 g/mol. The summed E-state index contributed by atoms with van der Waals surface area (Å²) in [5.41, 5.74) is 3.14. The Kier molecular flexibility index (Phi) is 7.77. The van der Waals surface area contributed by atoms with Crippen molar-refractivity contribution < 1.29 is 39.2 Å². The zero-order chi connectivity index (χ0) is 27.1. The average molecular weight is 508 g/mol. The van der Waals surface area contributed by atoms with E-state index in [2.05, 4.69) is 5.32 Å². The summed E-state index contributed by atoms with van der Waals surface area (Å²) >= 11 is 0. The minimum atomic E-state index is -2.68. The standard InChI is InChI=1S/C25H34FN3O7/c1-11(9-26)28-16-5-6-18(31)20-14(16)7-13-8-15(17(10-30)29(3)4)25(36,22(33)12(2)24(27)35)23(34)19(13)21(20)32/h5-6,11-13,15,17,28,30-31,34,36H,7-10H2,1-4H3,(H2,27,35)/t11?,12?,13-,15-,17?,25+/m0/s1. The average Bonchev–Trinajstić information content (AvgIpc) is 2.82. The summed E-state index contributed by atoms with van der Waals surface area (Å²) in [6.07, 6.45) is 0.128. The second-order valence-corrected chi connectivity index (χ2v) is 9.99. The Morgan fingerprint density at radius 2 is 1.92 bits per heavy atom. The van der Waals surface area contributed by atoms with Crippen LogP contribution in [0.1, 0.15) is 36.2 Å². The van der Waals surface area contributed by atoms with Crippen molar-refractivity contribution in [1.82, 2.24) is 4.90 Å². The van der Waals surface area contributed by atoms with Crippen LogP contribution in [0.2, 0.25) is 0 Å². The van der Waals surface area contributed by atoms with Crippen molar-refractivity contribution in [3.63, 3.8) is 0 Å². The van der Waals surface area contributed by atoms with Gasteiger partial charge in [-0.2, -0.15) is 0 Å². The highest BCUT2D eigenvalue weighted by atomic mass is 19.1. The van der Waals surface area contributed by atoms with Gasteiger partial charge in [0.15, 0.2) is 17.2 Å². The van der Waals surface area contributed by atoms with Crippen LogP contribution < -0.4 is 11.1 Å². The van der Waals surface area contributed by atoms with Gasteiger partial charge in [0.2, 0.25) is 5.91 Å². The number of nitrogens with zero attached hydrogens (tertiary/aromatic N) is 1. The molecule has 0 heterocycles. The predicted molar refractivity (Wildman–Crippen MR) is 129 cm³/mol. The van der Waals surface area contributed by atoms with Crippen LogP contribution in [0.5, 0.6) is 5.75 Å². The Bertz CT molecular complexity index is 1110. The van der Waals surface area contributed by atoms with E-state index in [1.54, 1.807) is 25.9 Å². The maximum atomic E-state index is 13.6. The van der Waals surface area contributed by atoms with Crippen LogP contribution in [-0.4, -0.2) is 87.9 Å². The first-order valence-electron chi connectivity index (χ1n) is 11.8. The largest absolute Gasteiger partial charge is 0.508 e. The van der Waals surface area contributed by atoms with E-state index in [-0.39, 0.29) is 29.7 Å². The predicted octanol–water partition coefficient (Wildman–Crippen LogP) is 0.693. The number of amides is 1. The van der Waals surface area contributed by atoms with Crippen molar-refractivity contribution in [2.75, 3.05) is 32.7 Å². The number of fused-ring (bicyclic) bond motifs is 2. The van der Waals surface area contributed by atoms with E-state index in [4.69, 9.17) is 5.73 Å². The minimum Gasteiger partial charge on any atom is -0.508 e. The van der Waals surface area contributed by atoms with Crippen LogP contribution in [0.25, 0.3) is 0 Å². The Morgan fingerprint density at radius 1 is 1.28 bits per heavy atom. The van der Waals surface area contributed by atoms with Crippen molar-refractivity contribution >= 4 is 23.2 Å². The molecule has 198 valence electrons. The number of ketones is 2. The Balaban J connectivity index is 2.25. The van der Waals surface area contributed by atoms with E-state index in [0.717, 1.165) is 0 Å². The van der Waals surface area contributed by atoms with E-state index in [9.17, 15) is 39.2 Å². The highest BCUT2D eigenvalue weighted by Gasteiger charge is 2.59. The summed E-state index contributed by atoms with van der Waals surface area (Å²) in [5, 5.41) is 46.7. The molecule has 0 fully saturated rings. The zero-order valence-corrected chi connectivity index (χ0v) is 20.8. The summed E-state index contributed by atoms with van der Waals surface area (Å²) in [5.74, 6) is -7.45. The molecule has 2 aliphatic rings. The van der Waals surface area contributed by atoms with Gasteiger partial charge in [0.1, 0.15) is 18.2 Å². The fraction of sp³-hybridized carbons (Fsp3) is 0.560. The molecule has 1 aromatic rings. The number of nitrogens with one attached hydrogen (secondary N) is 1. The molecule has 6 atom stereocenters. The second kappa shape index (κ2) is 10.2. The number of anilines is 1. The van der Waals surface area contributed by atoms with Crippen LogP contribution >= 0.6 is 0 Å². The van der Waals surface area contributed by atoms with Crippen LogP contribution in [0, 0.1) is 17.8 Å². The van der Waals surface area contributed by atoms with Crippen molar-refractivity contribution in [1.29, 1.82) is 0 Å². The van der Waals surface area contributed by atoms with Crippen molar-refractivity contribution in [2.24, 2.45) is 23.5 Å². The molecule has 3 rings (SSSR count). The maximum absolute atomic E-state index is 13.6. The lowest BCUT2D eigenvalue weighted by Crippen LogP contribution is -2.62. The van der Waals surface area contributed by atoms with Gasteiger partial charge in [-0.25, -0.2) is 4.39 Å². The lowest BCUT2D eigenvalue weighted by Gasteiger charge is -2.48. The molecule has 0 saturated carbocycles. The summed E-state index contributed by atoms with van der Waals surface area (Å²) in [6.45, 7) is 1.66. The maximum Gasteiger partial charge on any atom is 0.227 e. The van der Waals surface area contributed by atoms with Gasteiger partial charge in [-0.05, 0) is 64.4 Å². The number of aliphatic hydroxyl groups is 3. The lowest BCUT2D eigenvalue weighted by atomic mass is 9.60. The van der Waals surface area contributed by atoms with Crippen LogP contribution in [0.4, 0.5) is 10.1 Å². The number of Topliss-reactive ketones (excluding diaryl/α,β-unsaturated/α-hetero) is 2. The fourth-order valence-corrected chi connectivity index (χ4v) is 5.41. The molecule has 0 aliphatic heterocycles. The van der Waals surface area contributed by atoms with Gasteiger partial charge >= 0.3 is 0 Å². The van der Waals surface area contributed by atoms with Crippen molar-refractivity contribution in [3.8, 4) is 5.75 Å². The number of carbonyl (C=O) groups is 3. The van der Waals surface area contributed by atoms with Crippen LogP contribution in [-0.2, 0) is 16.0 Å². The number of allylic oxidation sites excluding steroid dienone is 1. The number of primary amides is 1. The van der Waals surface area contributed by atoms with Gasteiger partial charge in [0, 0.05) is 23.2 Å². The smallest absolute Gasteiger partial charge is 0.227 e. The van der Waals surface area contributed by atoms with Gasteiger partial charge in [0.25, 0.3) is 0 Å². The van der Waals surface area contributed by atoms with Gasteiger partial charge in [-0.15, -0.1) is 0 Å². The summed E-state index contributed by atoms with van der Waals surface area (Å²) in [6, 6.07) is 1.41. The topological polar surface area (TPSA) is 173 Å². The third-order valence-corrected chi connectivity index (χ3v) is 7.46. The van der Waals surface area contributed by atoms with Gasteiger partial charge in [-0.3, -0.25) is 14.4 Å². The number of aromatic hydroxyl groups is 1. The number of rotatable bonds is 9. The van der Waals surface area contributed by atoms with Crippen molar-refractivity contribution in [3.05, 3.63) is 34.6 Å². The Morgan fingerprint density at radius 3 is 2.44 bits per heavy atom. The number of phenols is 1. The zero-order valence-electron chi connectivity index (χ0n) is 20.8. The number of benzene rings is 1. The Hall–Kier alpha value is -3.02. The van der Waals surface area contributed by atoms with E-state index in [1.165, 1.54) is 19.1 Å². The van der Waals surface area contributed by atoms with E-state index < -0.39 is 72.0 Å². The molecule has 0 aromatic heterocycles. The first kappa shape index (κ1) is 27.6. The molecule has 10 nitrogen and oxygen atoms in total. The number of nitrogens with two attached hydrogens (primary N) is 1. The number of hydrogen-bond donors (Lipinski definition) is 6. The monoisotopic (exact) mass is 507 g/mol. The normalized spacial score (nSPS) is 26.2. The second-order valence-electron chi connectivity index (χ2n) is 9.99. The molecule has 3 unspecified atom stereocenters. The van der Waals surface area contributed by atoms with Gasteiger partial charge in [-0.1, -0.05) is 0 Å². The summed E-state index contributed by atoms with van der Waals surface area (Å²) < 4.78 is 13.2. The minimum absolute atomic E-state index is 0.00450. The molecule has 0 saturated heterocycles. The van der Waals surface area contributed by atoms with E-state index in [0.29, 0.717) is 11.3 Å². The fourth-order valence-electron chi connectivity index (χ4n) is 5.41. The highest BCUT2D eigenvalue weighted by molar-refractivity contribution is 6.15. The van der Waals surface area contributed by atoms with E-state index >= 15 is 0 Å². The number of hydrogen-bond acceptors (Lipinski definition) is 9. The SMILES string of the molecule is CC(CF)Nc1ccc(O)c2c1C[C@H]1C[C@@H](C(CO)N(C)C)[C@@](O)(C(=O)C(C)C(N)=O)C(O)=C1C2=O. The molecule has 2 aliphatic carbocycles. The molecule has 1 amide bonds. The molecule has 0 radical (unpaired) electrons. The summed E-state index contributed by atoms with van der Waals surface area (Å²) in [4.78, 5) is 40.4. The quantitative estimate of drug-likeness (QED) is 0.208. The number of halogens is 1. The number of alkyl halides is 1. The van der Waals surface area contributed by atoms with Gasteiger partial charge < -0.3 is 36.4 Å². The summed E-state index contributed by atoms with van der Waals surface area (Å²) in [7, 11) is 3.25. The molecule has 0 spiro atoms. The molecular formula is C25H34FN3O7. The van der Waals surface area contributed by atoms with E-state index in [1.807, 2.05) is 0 Å². The highest BCUT2D eigenvalue weighted by Crippen LogP contribution is 2.50. The molecule has 1 aromatic carbocycles. The number of likely N-dealkylation sites (N-methyl/N-ethyl adjacent to an activating group) is 1. The molecule has 7 N–H and O–H groups in total. The third-order valence-electron chi connectivity index (χ3n) is 7.46. The molecule has 11 heteroatoms. The number of phenolic OH excluding ortho intramolecular Hbond substituents is 1. The van der Waals surface area contributed by atoms with Crippen LogP contribution in [0.3, 0.4) is 0 Å². The number of aliphatic hydroxyl groups excluding tert-OH is 2. The van der Waals surface area contributed by atoms with Crippen LogP contribution in [0.15, 0.2) is 23.5 Å². The first-order valence-corrected chi connectivity index (χ1v) is 11.8. The molecule has 36 heavy (non-hydrogen) atoms. The van der Waals surface area contributed by atoms with Crippen molar-refractivity contribution in [2.45, 2.75) is 44.4 Å². The van der Waals surface area contributed by atoms with Gasteiger partial charge in [0.05, 0.1) is 24.1 Å². The third kappa shape index (κ3) is 4.35. The first-order chi connectivity index (χ1) is 16.8. The lowest BCUT2D eigenvalue weighted by molar-refractivity contribution is -0.155.